The molecule has 0 spiro atoms. The van der Waals surface area contributed by atoms with E-state index >= 15 is 0 Å². The number of esters is 1. The van der Waals surface area contributed by atoms with Crippen molar-refractivity contribution in [2.24, 2.45) is 11.7 Å². The second-order valence-corrected chi connectivity index (χ2v) is 2.97. The molecule has 0 amide bonds. The fraction of sp³-hybridized carbons (Fsp3) is 0.667. The van der Waals surface area contributed by atoms with Gasteiger partial charge in [0.1, 0.15) is 0 Å². The molecule has 1 aliphatic carbocycles. The van der Waals surface area contributed by atoms with E-state index in [4.69, 9.17) is 10.5 Å². The second-order valence-electron chi connectivity index (χ2n) is 2.97. The number of rotatable bonds is 2. The van der Waals surface area contributed by atoms with Crippen molar-refractivity contribution in [2.75, 3.05) is 6.61 Å². The molecule has 0 saturated carbocycles. The van der Waals surface area contributed by atoms with E-state index in [-0.39, 0.29) is 30.3 Å². The van der Waals surface area contributed by atoms with Crippen molar-refractivity contribution in [2.45, 2.75) is 25.8 Å². The average Bonchev–Trinajstić information content (AvgIpc) is 2.05. The number of carbonyl (C=O) groups excluding carboxylic acids is 1. The SMILES string of the molecule is CCOC(=O)[C@H]1CC=CC[C@H]1N.Cl. The van der Waals surface area contributed by atoms with Gasteiger partial charge in [-0.25, -0.2) is 0 Å². The van der Waals surface area contributed by atoms with E-state index in [1.807, 2.05) is 19.1 Å². The van der Waals surface area contributed by atoms with Crippen LogP contribution in [0.5, 0.6) is 0 Å². The molecular weight excluding hydrogens is 190 g/mol. The number of allylic oxidation sites excluding steroid dienone is 1. The maximum Gasteiger partial charge on any atom is 0.310 e. The van der Waals surface area contributed by atoms with Crippen LogP contribution in [0, 0.1) is 5.92 Å². The Morgan fingerprint density at radius 1 is 1.54 bits per heavy atom. The van der Waals surface area contributed by atoms with Gasteiger partial charge < -0.3 is 10.5 Å². The van der Waals surface area contributed by atoms with E-state index in [0.717, 1.165) is 12.8 Å². The molecule has 13 heavy (non-hydrogen) atoms. The smallest absolute Gasteiger partial charge is 0.310 e. The summed E-state index contributed by atoms with van der Waals surface area (Å²) in [5.41, 5.74) is 5.76. The third-order valence-corrected chi connectivity index (χ3v) is 2.07. The molecular formula is C9H16ClNO2. The molecule has 0 fully saturated rings. The molecule has 3 nitrogen and oxygen atoms in total. The molecule has 1 aliphatic rings. The molecule has 1 rings (SSSR count). The number of hydrogen-bond donors (Lipinski definition) is 1. The highest BCUT2D eigenvalue weighted by molar-refractivity contribution is 5.85. The first-order valence-electron chi connectivity index (χ1n) is 4.33. The zero-order valence-corrected chi connectivity index (χ0v) is 8.55. The maximum absolute atomic E-state index is 11.3. The maximum atomic E-state index is 11.3. The predicted octanol–water partition coefficient (Wildman–Crippen LogP) is 1.26. The molecule has 0 radical (unpaired) electrons. The lowest BCUT2D eigenvalue weighted by molar-refractivity contribution is -0.148. The van der Waals surface area contributed by atoms with Crippen molar-refractivity contribution >= 4 is 18.4 Å². The van der Waals surface area contributed by atoms with Crippen molar-refractivity contribution in [3.05, 3.63) is 12.2 Å². The van der Waals surface area contributed by atoms with Gasteiger partial charge in [0.2, 0.25) is 0 Å². The van der Waals surface area contributed by atoms with E-state index < -0.39 is 0 Å². The summed E-state index contributed by atoms with van der Waals surface area (Å²) in [6.07, 6.45) is 5.51. The molecule has 0 heterocycles. The molecule has 0 bridgehead atoms. The summed E-state index contributed by atoms with van der Waals surface area (Å²) in [4.78, 5) is 11.3. The summed E-state index contributed by atoms with van der Waals surface area (Å²) < 4.78 is 4.90. The molecule has 0 aromatic heterocycles. The minimum absolute atomic E-state index is 0. The van der Waals surface area contributed by atoms with Gasteiger partial charge >= 0.3 is 5.97 Å². The topological polar surface area (TPSA) is 52.3 Å². The Bertz CT molecular complexity index is 194. The number of halogens is 1. The quantitative estimate of drug-likeness (QED) is 0.546. The monoisotopic (exact) mass is 205 g/mol. The summed E-state index contributed by atoms with van der Waals surface area (Å²) in [6, 6.07) is -0.0611. The van der Waals surface area contributed by atoms with Crippen LogP contribution in [-0.4, -0.2) is 18.6 Å². The van der Waals surface area contributed by atoms with Crippen LogP contribution < -0.4 is 5.73 Å². The molecule has 2 atom stereocenters. The largest absolute Gasteiger partial charge is 0.466 e. The Labute approximate surface area is 84.7 Å². The van der Waals surface area contributed by atoms with Crippen LogP contribution >= 0.6 is 12.4 Å². The number of nitrogens with two attached hydrogens (primary N) is 1. The molecule has 0 aromatic carbocycles. The first-order chi connectivity index (χ1) is 5.75. The molecule has 0 unspecified atom stereocenters. The lowest BCUT2D eigenvalue weighted by Crippen LogP contribution is -2.37. The van der Waals surface area contributed by atoms with Gasteiger partial charge in [0, 0.05) is 6.04 Å². The second kappa shape index (κ2) is 6.00. The lowest BCUT2D eigenvalue weighted by Gasteiger charge is -2.22. The number of hydrogen-bond acceptors (Lipinski definition) is 3. The molecule has 0 aromatic rings. The van der Waals surface area contributed by atoms with Crippen LogP contribution in [0.3, 0.4) is 0 Å². The average molecular weight is 206 g/mol. The van der Waals surface area contributed by atoms with E-state index in [9.17, 15) is 4.79 Å². The van der Waals surface area contributed by atoms with Crippen molar-refractivity contribution in [3.63, 3.8) is 0 Å². The van der Waals surface area contributed by atoms with Crippen molar-refractivity contribution in [3.8, 4) is 0 Å². The Balaban J connectivity index is 0.00000144. The third kappa shape index (κ3) is 3.36. The van der Waals surface area contributed by atoms with Crippen molar-refractivity contribution in [1.82, 2.24) is 0 Å². The zero-order chi connectivity index (χ0) is 8.97. The van der Waals surface area contributed by atoms with Crippen LogP contribution in [0.15, 0.2) is 12.2 Å². The Kier molecular flexibility index (Phi) is 5.75. The van der Waals surface area contributed by atoms with Crippen molar-refractivity contribution in [1.29, 1.82) is 0 Å². The van der Waals surface area contributed by atoms with Crippen LogP contribution in [0.2, 0.25) is 0 Å². The normalized spacial score (nSPS) is 26.3. The van der Waals surface area contributed by atoms with Gasteiger partial charge in [-0.3, -0.25) is 4.79 Å². The first kappa shape index (κ1) is 12.5. The third-order valence-electron chi connectivity index (χ3n) is 2.07. The van der Waals surface area contributed by atoms with E-state index in [0.29, 0.717) is 6.61 Å². The highest BCUT2D eigenvalue weighted by Crippen LogP contribution is 2.18. The van der Waals surface area contributed by atoms with Crippen LogP contribution in [0.1, 0.15) is 19.8 Å². The van der Waals surface area contributed by atoms with Gasteiger partial charge in [0.05, 0.1) is 12.5 Å². The summed E-state index contributed by atoms with van der Waals surface area (Å²) in [6.45, 7) is 2.24. The van der Waals surface area contributed by atoms with Gasteiger partial charge in [0.25, 0.3) is 0 Å². The van der Waals surface area contributed by atoms with E-state index in [2.05, 4.69) is 0 Å². The van der Waals surface area contributed by atoms with Crippen LogP contribution in [0.25, 0.3) is 0 Å². The van der Waals surface area contributed by atoms with Gasteiger partial charge in [-0.15, -0.1) is 12.4 Å². The molecule has 76 valence electrons. The Morgan fingerprint density at radius 3 is 2.69 bits per heavy atom. The minimum Gasteiger partial charge on any atom is -0.466 e. The standard InChI is InChI=1S/C9H15NO2.ClH/c1-2-12-9(11)7-5-3-4-6-8(7)10;/h3-4,7-8H,2,5-6,10H2,1H3;1H/t7-,8+;/m0./s1. The summed E-state index contributed by atoms with van der Waals surface area (Å²) in [5, 5.41) is 0. The summed E-state index contributed by atoms with van der Waals surface area (Å²) in [7, 11) is 0. The molecule has 0 saturated heterocycles. The lowest BCUT2D eigenvalue weighted by atomic mass is 9.90. The Hall–Kier alpha value is -0.540. The molecule has 4 heteroatoms. The molecule has 0 aliphatic heterocycles. The van der Waals surface area contributed by atoms with Gasteiger partial charge in [-0.2, -0.15) is 0 Å². The van der Waals surface area contributed by atoms with E-state index in [1.54, 1.807) is 0 Å². The fourth-order valence-corrected chi connectivity index (χ4v) is 1.36. The summed E-state index contributed by atoms with van der Waals surface area (Å²) >= 11 is 0. The number of carbonyl (C=O) groups is 1. The van der Waals surface area contributed by atoms with E-state index in [1.165, 1.54) is 0 Å². The predicted molar refractivity (Wildman–Crippen MR) is 53.7 cm³/mol. The Morgan fingerprint density at radius 2 is 2.15 bits per heavy atom. The van der Waals surface area contributed by atoms with Gasteiger partial charge in [0.15, 0.2) is 0 Å². The highest BCUT2D eigenvalue weighted by Gasteiger charge is 2.26. The minimum atomic E-state index is -0.158. The van der Waals surface area contributed by atoms with Gasteiger partial charge in [-0.1, -0.05) is 12.2 Å². The fourth-order valence-electron chi connectivity index (χ4n) is 1.36. The van der Waals surface area contributed by atoms with Crippen LogP contribution in [-0.2, 0) is 9.53 Å². The number of ether oxygens (including phenoxy) is 1. The summed E-state index contributed by atoms with van der Waals surface area (Å²) in [5.74, 6) is -0.288. The van der Waals surface area contributed by atoms with Crippen molar-refractivity contribution < 1.29 is 9.53 Å². The zero-order valence-electron chi connectivity index (χ0n) is 7.73. The highest BCUT2D eigenvalue weighted by atomic mass is 35.5. The molecule has 2 N–H and O–H groups in total. The van der Waals surface area contributed by atoms with Gasteiger partial charge in [-0.05, 0) is 19.8 Å². The van der Waals surface area contributed by atoms with Crippen LogP contribution in [0.4, 0.5) is 0 Å². The first-order valence-corrected chi connectivity index (χ1v) is 4.33.